The monoisotopic (exact) mass is 290 g/mol. The van der Waals surface area contributed by atoms with Crippen LogP contribution < -0.4 is 9.46 Å². The summed E-state index contributed by atoms with van der Waals surface area (Å²) in [7, 11) is 0. The Morgan fingerprint density at radius 3 is 3.00 bits per heavy atom. The minimum Gasteiger partial charge on any atom is -0.377 e. The van der Waals surface area contributed by atoms with Gasteiger partial charge in [0.05, 0.1) is 24.6 Å². The largest absolute Gasteiger partial charge is 0.377 e. The average molecular weight is 291 g/mol. The SMILES string of the molecule is C[C@H]1COCCN1c1nc(Cl)nc2n[c]([Al])ccc12. The average Bonchev–Trinajstić information content (AvgIpc) is 2.38. The van der Waals surface area contributed by atoms with Gasteiger partial charge < -0.3 is 9.64 Å². The molecule has 0 N–H and O–H groups in total. The number of pyridine rings is 1. The Labute approximate surface area is 124 Å². The molecule has 96 valence electrons. The third-order valence-electron chi connectivity index (χ3n) is 3.17. The molecule has 1 fully saturated rings. The maximum Gasteiger partial charge on any atom is 0.226 e. The molecule has 1 saturated heterocycles. The quantitative estimate of drug-likeness (QED) is 0.571. The molecule has 7 heteroatoms. The molecule has 1 aliphatic rings. The minimum absolute atomic E-state index is 0.226. The van der Waals surface area contributed by atoms with Crippen molar-refractivity contribution in [2.75, 3.05) is 24.7 Å². The van der Waals surface area contributed by atoms with E-state index in [0.717, 1.165) is 22.3 Å². The molecular formula is C12H12AlClN4O. The normalized spacial score (nSPS) is 19.9. The zero-order chi connectivity index (χ0) is 13.4. The van der Waals surface area contributed by atoms with Crippen molar-refractivity contribution in [3.63, 3.8) is 0 Å². The van der Waals surface area contributed by atoms with Gasteiger partial charge in [-0.15, -0.1) is 0 Å². The molecular weight excluding hydrogens is 279 g/mol. The Bertz CT molecular complexity index is 619. The van der Waals surface area contributed by atoms with Crippen molar-refractivity contribution in [3.05, 3.63) is 17.4 Å². The van der Waals surface area contributed by atoms with Crippen molar-refractivity contribution in [2.24, 2.45) is 0 Å². The second-order valence-electron chi connectivity index (χ2n) is 4.54. The van der Waals surface area contributed by atoms with Crippen molar-refractivity contribution in [2.45, 2.75) is 13.0 Å². The third kappa shape index (κ3) is 2.54. The number of aromatic nitrogens is 3. The molecule has 0 spiro atoms. The van der Waals surface area contributed by atoms with Gasteiger partial charge in [0.15, 0.2) is 5.65 Å². The smallest absolute Gasteiger partial charge is 0.226 e. The van der Waals surface area contributed by atoms with Gasteiger partial charge in [-0.05, 0) is 24.6 Å². The summed E-state index contributed by atoms with van der Waals surface area (Å²) in [4.78, 5) is 15.2. The van der Waals surface area contributed by atoms with Crippen molar-refractivity contribution in [1.29, 1.82) is 0 Å². The number of nitrogens with zero attached hydrogens (tertiary/aromatic N) is 4. The molecule has 0 aliphatic carbocycles. The second-order valence-corrected chi connectivity index (χ2v) is 5.47. The highest BCUT2D eigenvalue weighted by Gasteiger charge is 2.23. The van der Waals surface area contributed by atoms with Crippen LogP contribution in [0.25, 0.3) is 11.0 Å². The van der Waals surface area contributed by atoms with Gasteiger partial charge in [-0.3, -0.25) is 4.98 Å². The maximum absolute atomic E-state index is 6.02. The van der Waals surface area contributed by atoms with E-state index in [0.29, 0.717) is 18.9 Å². The van der Waals surface area contributed by atoms with Gasteiger partial charge in [-0.1, -0.05) is 10.6 Å². The third-order valence-corrected chi connectivity index (χ3v) is 3.66. The Morgan fingerprint density at radius 1 is 1.37 bits per heavy atom. The first-order valence-corrected chi connectivity index (χ1v) is 7.05. The Hall–Kier alpha value is -0.928. The van der Waals surface area contributed by atoms with E-state index in [1.807, 2.05) is 12.1 Å². The molecule has 2 aromatic heterocycles. The number of halogens is 1. The summed E-state index contributed by atoms with van der Waals surface area (Å²) in [6, 6.07) is 4.18. The van der Waals surface area contributed by atoms with Gasteiger partial charge in [-0.25, -0.2) is 0 Å². The van der Waals surface area contributed by atoms with Crippen LogP contribution in [-0.2, 0) is 4.74 Å². The van der Waals surface area contributed by atoms with Gasteiger partial charge in [0.1, 0.15) is 5.82 Å². The molecule has 3 rings (SSSR count). The fourth-order valence-corrected chi connectivity index (χ4v) is 2.62. The van der Waals surface area contributed by atoms with Gasteiger partial charge in [0.25, 0.3) is 0 Å². The fraction of sp³-hybridized carbons (Fsp3) is 0.417. The molecule has 1 aliphatic heterocycles. The summed E-state index contributed by atoms with van der Waals surface area (Å²) in [5.41, 5.74) is 0.626. The standard InChI is InChI=1S/C12H12ClN4O.Al/c1-8-7-18-6-5-17(8)11-9-3-2-4-14-10(9)15-12(13)16-11;/h2-3,8H,5-7H2,1H3;/t8-;/m0./s1. The van der Waals surface area contributed by atoms with Crippen LogP contribution in [0.2, 0.25) is 5.28 Å². The topological polar surface area (TPSA) is 51.1 Å². The molecule has 0 aromatic carbocycles. The summed E-state index contributed by atoms with van der Waals surface area (Å²) in [6.45, 7) is 4.30. The number of fused-ring (bicyclic) bond motifs is 1. The summed E-state index contributed by atoms with van der Waals surface area (Å²) in [5, 5.41) is 1.15. The van der Waals surface area contributed by atoms with Crippen LogP contribution in [-0.4, -0.2) is 57.0 Å². The molecule has 19 heavy (non-hydrogen) atoms. The zero-order valence-electron chi connectivity index (χ0n) is 10.5. The van der Waals surface area contributed by atoms with E-state index in [4.69, 9.17) is 16.3 Å². The van der Waals surface area contributed by atoms with Crippen LogP contribution in [0.5, 0.6) is 0 Å². The molecule has 0 unspecified atom stereocenters. The minimum atomic E-state index is 0.226. The number of rotatable bonds is 1. The van der Waals surface area contributed by atoms with Crippen LogP contribution in [0.4, 0.5) is 5.82 Å². The second kappa shape index (κ2) is 5.22. The lowest BCUT2D eigenvalue weighted by Gasteiger charge is -2.34. The fourth-order valence-electron chi connectivity index (χ4n) is 2.24. The van der Waals surface area contributed by atoms with Crippen molar-refractivity contribution < 1.29 is 4.74 Å². The zero-order valence-corrected chi connectivity index (χ0v) is 12.4. The van der Waals surface area contributed by atoms with Crippen molar-refractivity contribution >= 4 is 49.3 Å². The summed E-state index contributed by atoms with van der Waals surface area (Å²) >= 11 is 8.58. The van der Waals surface area contributed by atoms with Crippen LogP contribution in [0.3, 0.4) is 0 Å². The Morgan fingerprint density at radius 2 is 2.21 bits per heavy atom. The predicted octanol–water partition coefficient (Wildman–Crippen LogP) is 0.697. The van der Waals surface area contributed by atoms with E-state index in [9.17, 15) is 0 Å². The number of hydrogen-bond acceptors (Lipinski definition) is 5. The van der Waals surface area contributed by atoms with Crippen molar-refractivity contribution in [1.82, 2.24) is 15.0 Å². The van der Waals surface area contributed by atoms with E-state index >= 15 is 0 Å². The molecule has 2 radical (unpaired) electrons. The summed E-state index contributed by atoms with van der Waals surface area (Å²) in [6.07, 6.45) is 0. The predicted molar refractivity (Wildman–Crippen MR) is 75.4 cm³/mol. The van der Waals surface area contributed by atoms with E-state index in [1.165, 1.54) is 0 Å². The molecule has 0 saturated carbocycles. The van der Waals surface area contributed by atoms with Crippen LogP contribution >= 0.6 is 11.6 Å². The summed E-state index contributed by atoms with van der Waals surface area (Å²) < 4.78 is 6.29. The maximum atomic E-state index is 6.02. The lowest BCUT2D eigenvalue weighted by Crippen LogP contribution is -2.44. The van der Waals surface area contributed by atoms with E-state index < -0.39 is 0 Å². The number of morpholine rings is 1. The van der Waals surface area contributed by atoms with Crippen LogP contribution in [0, 0.1) is 0 Å². The molecule has 5 nitrogen and oxygen atoms in total. The first-order valence-electron chi connectivity index (χ1n) is 6.09. The van der Waals surface area contributed by atoms with Gasteiger partial charge in [-0.2, -0.15) is 9.97 Å². The van der Waals surface area contributed by atoms with E-state index in [2.05, 4.69) is 43.1 Å². The number of ether oxygens (including phenoxy) is 1. The van der Waals surface area contributed by atoms with Crippen molar-refractivity contribution in [3.8, 4) is 0 Å². The highest BCUT2D eigenvalue weighted by molar-refractivity contribution is 6.31. The highest BCUT2D eigenvalue weighted by Crippen LogP contribution is 2.26. The highest BCUT2D eigenvalue weighted by atomic mass is 35.5. The van der Waals surface area contributed by atoms with Crippen LogP contribution in [0.1, 0.15) is 6.92 Å². The first kappa shape index (κ1) is 13.1. The van der Waals surface area contributed by atoms with Crippen LogP contribution in [0.15, 0.2) is 12.1 Å². The van der Waals surface area contributed by atoms with E-state index in [-0.39, 0.29) is 11.3 Å². The molecule has 0 bridgehead atoms. The lowest BCUT2D eigenvalue weighted by atomic mass is 10.2. The lowest BCUT2D eigenvalue weighted by molar-refractivity contribution is 0.0987. The first-order chi connectivity index (χ1) is 9.15. The number of anilines is 1. The molecule has 1 atom stereocenters. The molecule has 0 amide bonds. The Balaban J connectivity index is 2.16. The molecule has 2 aromatic rings. The number of hydrogen-bond donors (Lipinski definition) is 0. The van der Waals surface area contributed by atoms with Gasteiger partial charge in [0, 0.05) is 6.54 Å². The summed E-state index contributed by atoms with van der Waals surface area (Å²) in [5.74, 6) is 0.836. The molecule has 3 heterocycles. The van der Waals surface area contributed by atoms with Gasteiger partial charge >= 0.3 is 0 Å². The van der Waals surface area contributed by atoms with Gasteiger partial charge in [0.2, 0.25) is 21.6 Å². The van der Waals surface area contributed by atoms with E-state index in [1.54, 1.807) is 0 Å². The Kier molecular flexibility index (Phi) is 3.59.